The zero-order valence-corrected chi connectivity index (χ0v) is 7.89. The molecule has 2 heteroatoms. The van der Waals surface area contributed by atoms with Crippen LogP contribution in [0.5, 0.6) is 0 Å². The van der Waals surface area contributed by atoms with Gasteiger partial charge in [-0.1, -0.05) is 12.8 Å². The molecule has 0 aromatic carbocycles. The van der Waals surface area contributed by atoms with E-state index in [0.29, 0.717) is 6.61 Å². The largest absolute Gasteiger partial charge is 0.396 e. The Hall–Kier alpha value is -0.0800. The summed E-state index contributed by atoms with van der Waals surface area (Å²) in [5, 5.41) is 12.0. The second-order valence-corrected chi connectivity index (χ2v) is 3.79. The van der Waals surface area contributed by atoms with Crippen LogP contribution in [0, 0.1) is 5.92 Å². The lowest BCUT2D eigenvalue weighted by atomic mass is 10.1. The highest BCUT2D eigenvalue weighted by atomic mass is 16.2. The van der Waals surface area contributed by atoms with Crippen molar-refractivity contribution in [3.8, 4) is 0 Å². The molecule has 0 bridgehead atoms. The molecule has 0 aromatic rings. The summed E-state index contributed by atoms with van der Waals surface area (Å²) in [5.74, 6) is 0.944. The lowest BCUT2D eigenvalue weighted by molar-refractivity contribution is 0.283. The van der Waals surface area contributed by atoms with Crippen LogP contribution in [0.2, 0.25) is 0 Å². The molecule has 1 aliphatic rings. The van der Waals surface area contributed by atoms with Crippen molar-refractivity contribution < 1.29 is 5.11 Å². The Morgan fingerprint density at radius 1 is 1.17 bits per heavy atom. The summed E-state index contributed by atoms with van der Waals surface area (Å²) in [6, 6.07) is 0. The van der Waals surface area contributed by atoms with E-state index in [0.717, 1.165) is 25.3 Å². The highest BCUT2D eigenvalue weighted by molar-refractivity contribution is 4.69. The molecule has 0 spiro atoms. The van der Waals surface area contributed by atoms with Crippen molar-refractivity contribution in [3.63, 3.8) is 0 Å². The Bertz CT molecular complexity index is 100. The Morgan fingerprint density at radius 3 is 2.58 bits per heavy atom. The lowest BCUT2D eigenvalue weighted by Gasteiger charge is -2.09. The van der Waals surface area contributed by atoms with Crippen LogP contribution in [0.3, 0.4) is 0 Å². The number of unbranched alkanes of at least 4 members (excludes halogenated alkanes) is 1. The van der Waals surface area contributed by atoms with Crippen molar-refractivity contribution >= 4 is 0 Å². The van der Waals surface area contributed by atoms with E-state index in [-0.39, 0.29) is 0 Å². The molecular weight excluding hydrogens is 150 g/mol. The van der Waals surface area contributed by atoms with Crippen LogP contribution < -0.4 is 5.32 Å². The van der Waals surface area contributed by atoms with Gasteiger partial charge in [-0.2, -0.15) is 0 Å². The molecule has 1 rings (SSSR count). The maximum absolute atomic E-state index is 8.55. The average molecular weight is 171 g/mol. The SMILES string of the molecule is OCCCCNCC1CCCC1. The molecule has 12 heavy (non-hydrogen) atoms. The van der Waals surface area contributed by atoms with Gasteiger partial charge in [0.15, 0.2) is 0 Å². The molecule has 2 N–H and O–H groups in total. The first-order chi connectivity index (χ1) is 5.93. The molecule has 1 aliphatic carbocycles. The van der Waals surface area contributed by atoms with E-state index in [9.17, 15) is 0 Å². The van der Waals surface area contributed by atoms with Crippen LogP contribution in [0.4, 0.5) is 0 Å². The third-order valence-electron chi connectivity index (χ3n) is 2.67. The van der Waals surface area contributed by atoms with Crippen molar-refractivity contribution in [2.24, 2.45) is 5.92 Å². The summed E-state index contributed by atoms with van der Waals surface area (Å²) in [6.45, 7) is 2.62. The molecule has 1 fully saturated rings. The van der Waals surface area contributed by atoms with Crippen LogP contribution in [0.25, 0.3) is 0 Å². The molecule has 0 atom stereocenters. The minimum atomic E-state index is 0.338. The Morgan fingerprint density at radius 2 is 1.92 bits per heavy atom. The second-order valence-electron chi connectivity index (χ2n) is 3.79. The minimum Gasteiger partial charge on any atom is -0.396 e. The standard InChI is InChI=1S/C10H21NO/c12-8-4-3-7-11-9-10-5-1-2-6-10/h10-12H,1-9H2. The van der Waals surface area contributed by atoms with Gasteiger partial charge in [0.25, 0.3) is 0 Å². The zero-order chi connectivity index (χ0) is 8.65. The molecular formula is C10H21NO. The highest BCUT2D eigenvalue weighted by Gasteiger charge is 2.13. The topological polar surface area (TPSA) is 32.3 Å². The minimum absolute atomic E-state index is 0.338. The fourth-order valence-corrected chi connectivity index (χ4v) is 1.88. The van der Waals surface area contributed by atoms with Crippen molar-refractivity contribution in [3.05, 3.63) is 0 Å². The van der Waals surface area contributed by atoms with Crippen molar-refractivity contribution in [2.75, 3.05) is 19.7 Å². The molecule has 0 aliphatic heterocycles. The summed E-state index contributed by atoms with van der Waals surface area (Å²) in [7, 11) is 0. The Balaban J connectivity index is 1.81. The van der Waals surface area contributed by atoms with E-state index in [1.165, 1.54) is 32.2 Å². The second kappa shape index (κ2) is 6.44. The summed E-state index contributed by atoms with van der Waals surface area (Å²) in [5.41, 5.74) is 0. The highest BCUT2D eigenvalue weighted by Crippen LogP contribution is 2.23. The van der Waals surface area contributed by atoms with Crippen LogP contribution in [0.1, 0.15) is 38.5 Å². The maximum atomic E-state index is 8.55. The van der Waals surface area contributed by atoms with Gasteiger partial charge < -0.3 is 10.4 Å². The smallest absolute Gasteiger partial charge is 0.0431 e. The number of rotatable bonds is 6. The summed E-state index contributed by atoms with van der Waals surface area (Å²) in [6.07, 6.45) is 7.77. The molecule has 0 heterocycles. The van der Waals surface area contributed by atoms with Gasteiger partial charge >= 0.3 is 0 Å². The van der Waals surface area contributed by atoms with Gasteiger partial charge in [-0.15, -0.1) is 0 Å². The van der Waals surface area contributed by atoms with E-state index >= 15 is 0 Å². The molecule has 0 aromatic heterocycles. The van der Waals surface area contributed by atoms with E-state index in [1.807, 2.05) is 0 Å². The van der Waals surface area contributed by atoms with Crippen LogP contribution >= 0.6 is 0 Å². The van der Waals surface area contributed by atoms with Gasteiger partial charge in [0.2, 0.25) is 0 Å². The van der Waals surface area contributed by atoms with Gasteiger partial charge in [-0.05, 0) is 44.7 Å². The van der Waals surface area contributed by atoms with Crippen molar-refractivity contribution in [1.29, 1.82) is 0 Å². The van der Waals surface area contributed by atoms with Crippen LogP contribution in [-0.4, -0.2) is 24.8 Å². The first kappa shape index (κ1) is 10.0. The summed E-state index contributed by atoms with van der Waals surface area (Å²) < 4.78 is 0. The average Bonchev–Trinajstić information content (AvgIpc) is 2.57. The maximum Gasteiger partial charge on any atom is 0.0431 e. The molecule has 0 radical (unpaired) electrons. The first-order valence-electron chi connectivity index (χ1n) is 5.25. The molecule has 2 nitrogen and oxygen atoms in total. The quantitative estimate of drug-likeness (QED) is 0.594. The summed E-state index contributed by atoms with van der Waals surface area (Å²) in [4.78, 5) is 0. The Kier molecular flexibility index (Phi) is 5.37. The molecule has 0 amide bonds. The number of hydrogen-bond acceptors (Lipinski definition) is 2. The van der Waals surface area contributed by atoms with Gasteiger partial charge in [0.1, 0.15) is 0 Å². The fraction of sp³-hybridized carbons (Fsp3) is 1.00. The van der Waals surface area contributed by atoms with Gasteiger partial charge in [0.05, 0.1) is 0 Å². The van der Waals surface area contributed by atoms with Crippen molar-refractivity contribution in [2.45, 2.75) is 38.5 Å². The number of aliphatic hydroxyl groups is 1. The molecule has 72 valence electrons. The monoisotopic (exact) mass is 171 g/mol. The van der Waals surface area contributed by atoms with Gasteiger partial charge in [-0.25, -0.2) is 0 Å². The molecule has 1 saturated carbocycles. The van der Waals surface area contributed by atoms with E-state index < -0.39 is 0 Å². The zero-order valence-electron chi connectivity index (χ0n) is 7.89. The van der Waals surface area contributed by atoms with E-state index in [4.69, 9.17) is 5.11 Å². The lowest BCUT2D eigenvalue weighted by Crippen LogP contribution is -2.22. The fourth-order valence-electron chi connectivity index (χ4n) is 1.88. The third-order valence-corrected chi connectivity index (χ3v) is 2.67. The van der Waals surface area contributed by atoms with Crippen molar-refractivity contribution in [1.82, 2.24) is 5.32 Å². The van der Waals surface area contributed by atoms with E-state index in [1.54, 1.807) is 0 Å². The first-order valence-corrected chi connectivity index (χ1v) is 5.25. The van der Waals surface area contributed by atoms with Gasteiger partial charge in [-0.3, -0.25) is 0 Å². The predicted molar refractivity (Wildman–Crippen MR) is 51.1 cm³/mol. The van der Waals surface area contributed by atoms with Gasteiger partial charge in [0, 0.05) is 6.61 Å². The summed E-state index contributed by atoms with van der Waals surface area (Å²) >= 11 is 0. The molecule has 0 unspecified atom stereocenters. The van der Waals surface area contributed by atoms with E-state index in [2.05, 4.69) is 5.32 Å². The van der Waals surface area contributed by atoms with Crippen LogP contribution in [-0.2, 0) is 0 Å². The normalized spacial score (nSPS) is 18.8. The Labute approximate surface area is 75.4 Å². The predicted octanol–water partition coefficient (Wildman–Crippen LogP) is 1.54. The third kappa shape index (κ3) is 4.07. The van der Waals surface area contributed by atoms with Crippen LogP contribution in [0.15, 0.2) is 0 Å². The number of aliphatic hydroxyl groups excluding tert-OH is 1. The number of nitrogens with one attached hydrogen (secondary N) is 1. The molecule has 0 saturated heterocycles. The number of hydrogen-bond donors (Lipinski definition) is 2.